The van der Waals surface area contributed by atoms with Crippen LogP contribution in [0, 0.1) is 11.3 Å². The molecule has 0 heterocycles. The fourth-order valence-electron chi connectivity index (χ4n) is 1.08. The lowest BCUT2D eigenvalue weighted by Crippen LogP contribution is -2.03. The van der Waals surface area contributed by atoms with E-state index in [2.05, 4.69) is 12.6 Å². The molecule has 0 aromatic heterocycles. The van der Waals surface area contributed by atoms with E-state index in [-0.39, 0.29) is 5.78 Å². The van der Waals surface area contributed by atoms with Crippen LogP contribution < -0.4 is 0 Å². The quantitative estimate of drug-likeness (QED) is 0.621. The Kier molecular flexibility index (Phi) is 3.56. The number of thiol groups is 1. The molecule has 0 spiro atoms. The number of hydrogen-bond donors (Lipinski definition) is 1. The minimum absolute atomic E-state index is 0.179. The standard InChI is InChI=1S/C10H8ClNOS/c1-6(13)10(11)9-4-8(14)3-2-7(9)5-12/h2-4,10,14H,1H3. The highest BCUT2D eigenvalue weighted by Crippen LogP contribution is 2.26. The Morgan fingerprint density at radius 3 is 2.79 bits per heavy atom. The summed E-state index contributed by atoms with van der Waals surface area (Å²) in [5, 5.41) is 8.03. The van der Waals surface area contributed by atoms with Crippen molar-refractivity contribution in [2.24, 2.45) is 0 Å². The van der Waals surface area contributed by atoms with Gasteiger partial charge in [-0.05, 0) is 30.7 Å². The van der Waals surface area contributed by atoms with Crippen molar-refractivity contribution in [2.75, 3.05) is 0 Å². The minimum Gasteiger partial charge on any atom is -0.298 e. The third-order valence-corrected chi connectivity index (χ3v) is 2.61. The van der Waals surface area contributed by atoms with Gasteiger partial charge >= 0.3 is 0 Å². The van der Waals surface area contributed by atoms with Gasteiger partial charge in [0, 0.05) is 4.90 Å². The number of alkyl halides is 1. The Morgan fingerprint density at radius 1 is 1.64 bits per heavy atom. The number of Topliss-reactive ketones (excluding diaryl/α,β-unsaturated/α-hetero) is 1. The Bertz CT molecular complexity index is 411. The number of nitriles is 1. The molecular formula is C10H8ClNOS. The second kappa shape index (κ2) is 4.50. The summed E-state index contributed by atoms with van der Waals surface area (Å²) in [5.41, 5.74) is 0.937. The number of ketones is 1. The van der Waals surface area contributed by atoms with Crippen molar-refractivity contribution in [1.82, 2.24) is 0 Å². The lowest BCUT2D eigenvalue weighted by atomic mass is 10.0. The van der Waals surface area contributed by atoms with Crippen molar-refractivity contribution in [1.29, 1.82) is 5.26 Å². The fraction of sp³-hybridized carbons (Fsp3) is 0.200. The molecule has 0 radical (unpaired) electrons. The van der Waals surface area contributed by atoms with Crippen LogP contribution in [0.4, 0.5) is 0 Å². The van der Waals surface area contributed by atoms with Crippen LogP contribution in [0.1, 0.15) is 23.4 Å². The van der Waals surface area contributed by atoms with E-state index >= 15 is 0 Å². The highest BCUT2D eigenvalue weighted by molar-refractivity contribution is 7.80. The first-order chi connectivity index (χ1) is 6.56. The van der Waals surface area contributed by atoms with Crippen LogP contribution in [-0.4, -0.2) is 5.78 Å². The van der Waals surface area contributed by atoms with Gasteiger partial charge in [0.15, 0.2) is 5.78 Å². The first kappa shape index (κ1) is 11.1. The molecule has 1 unspecified atom stereocenters. The van der Waals surface area contributed by atoms with Crippen molar-refractivity contribution in [2.45, 2.75) is 17.2 Å². The molecule has 0 N–H and O–H groups in total. The summed E-state index contributed by atoms with van der Waals surface area (Å²) in [7, 11) is 0. The zero-order valence-corrected chi connectivity index (χ0v) is 9.14. The van der Waals surface area contributed by atoms with Crippen LogP contribution in [-0.2, 0) is 4.79 Å². The minimum atomic E-state index is -0.767. The van der Waals surface area contributed by atoms with Crippen LogP contribution >= 0.6 is 24.2 Å². The first-order valence-corrected chi connectivity index (χ1v) is 4.82. The maximum absolute atomic E-state index is 11.1. The van der Waals surface area contributed by atoms with Gasteiger partial charge in [-0.15, -0.1) is 24.2 Å². The van der Waals surface area contributed by atoms with E-state index < -0.39 is 5.38 Å². The summed E-state index contributed by atoms with van der Waals surface area (Å²) in [4.78, 5) is 11.7. The van der Waals surface area contributed by atoms with Crippen LogP contribution in [0.15, 0.2) is 23.1 Å². The molecule has 1 atom stereocenters. The molecule has 2 nitrogen and oxygen atoms in total. The highest BCUT2D eigenvalue weighted by Gasteiger charge is 2.17. The Balaban J connectivity index is 3.25. The summed E-state index contributed by atoms with van der Waals surface area (Å²) >= 11 is 9.99. The molecular weight excluding hydrogens is 218 g/mol. The van der Waals surface area contributed by atoms with Crippen molar-refractivity contribution in [3.63, 3.8) is 0 Å². The SMILES string of the molecule is CC(=O)C(Cl)c1cc(S)ccc1C#N. The van der Waals surface area contributed by atoms with Gasteiger partial charge < -0.3 is 0 Å². The maximum atomic E-state index is 11.1. The summed E-state index contributed by atoms with van der Waals surface area (Å²) in [6.07, 6.45) is 0. The number of benzene rings is 1. The van der Waals surface area contributed by atoms with E-state index in [1.807, 2.05) is 6.07 Å². The molecule has 4 heteroatoms. The maximum Gasteiger partial charge on any atom is 0.152 e. The predicted molar refractivity (Wildman–Crippen MR) is 57.7 cm³/mol. The normalized spacial score (nSPS) is 11.9. The lowest BCUT2D eigenvalue weighted by Gasteiger charge is -2.08. The van der Waals surface area contributed by atoms with Crippen LogP contribution in [0.3, 0.4) is 0 Å². The number of rotatable bonds is 2. The summed E-state index contributed by atoms with van der Waals surface area (Å²) in [5.74, 6) is -0.179. The molecule has 0 bridgehead atoms. The number of halogens is 1. The Hall–Kier alpha value is -0.980. The average Bonchev–Trinajstić information content (AvgIpc) is 2.16. The van der Waals surface area contributed by atoms with E-state index in [0.29, 0.717) is 16.0 Å². The van der Waals surface area contributed by atoms with Crippen molar-refractivity contribution < 1.29 is 4.79 Å². The van der Waals surface area contributed by atoms with E-state index in [1.54, 1.807) is 18.2 Å². The van der Waals surface area contributed by atoms with Gasteiger partial charge in [-0.25, -0.2) is 0 Å². The highest BCUT2D eigenvalue weighted by atomic mass is 35.5. The van der Waals surface area contributed by atoms with Gasteiger partial charge in [-0.1, -0.05) is 0 Å². The molecule has 0 fully saturated rings. The summed E-state index contributed by atoms with van der Waals surface area (Å²) in [6, 6.07) is 6.92. The zero-order valence-electron chi connectivity index (χ0n) is 7.49. The van der Waals surface area contributed by atoms with Crippen molar-refractivity contribution in [3.8, 4) is 6.07 Å². The number of carbonyl (C=O) groups is 1. The van der Waals surface area contributed by atoms with Crippen molar-refractivity contribution in [3.05, 3.63) is 29.3 Å². The smallest absolute Gasteiger partial charge is 0.152 e. The van der Waals surface area contributed by atoms with E-state index in [0.717, 1.165) is 0 Å². The largest absolute Gasteiger partial charge is 0.298 e. The Labute approximate surface area is 92.9 Å². The van der Waals surface area contributed by atoms with Gasteiger partial charge in [-0.3, -0.25) is 4.79 Å². The number of hydrogen-bond acceptors (Lipinski definition) is 3. The molecule has 0 aliphatic heterocycles. The summed E-state index contributed by atoms with van der Waals surface area (Å²) < 4.78 is 0. The summed E-state index contributed by atoms with van der Waals surface area (Å²) in [6.45, 7) is 1.39. The van der Waals surface area contributed by atoms with Gasteiger partial charge in [0.1, 0.15) is 5.38 Å². The van der Waals surface area contributed by atoms with Gasteiger partial charge in [-0.2, -0.15) is 5.26 Å². The molecule has 72 valence electrons. The molecule has 1 aromatic carbocycles. The topological polar surface area (TPSA) is 40.9 Å². The molecule has 1 aromatic rings. The second-order valence-corrected chi connectivity index (χ2v) is 3.81. The molecule has 1 rings (SSSR count). The van der Waals surface area contributed by atoms with Crippen LogP contribution in [0.2, 0.25) is 0 Å². The Morgan fingerprint density at radius 2 is 2.29 bits per heavy atom. The third kappa shape index (κ3) is 2.28. The van der Waals surface area contributed by atoms with E-state index in [1.165, 1.54) is 6.92 Å². The van der Waals surface area contributed by atoms with Gasteiger partial charge in [0.2, 0.25) is 0 Å². The molecule has 0 aliphatic rings. The second-order valence-electron chi connectivity index (χ2n) is 2.86. The molecule has 0 aliphatic carbocycles. The monoisotopic (exact) mass is 225 g/mol. The van der Waals surface area contributed by atoms with Gasteiger partial charge in [0.25, 0.3) is 0 Å². The number of nitrogens with zero attached hydrogens (tertiary/aromatic N) is 1. The predicted octanol–water partition coefficient (Wildman–Crippen LogP) is 2.72. The lowest BCUT2D eigenvalue weighted by molar-refractivity contribution is -0.116. The molecule has 0 saturated carbocycles. The molecule has 0 amide bonds. The molecule has 0 saturated heterocycles. The van der Waals surface area contributed by atoms with Crippen molar-refractivity contribution >= 4 is 30.0 Å². The molecule has 14 heavy (non-hydrogen) atoms. The fourth-order valence-corrected chi connectivity index (χ4v) is 1.47. The van der Waals surface area contributed by atoms with Gasteiger partial charge in [0.05, 0.1) is 11.6 Å². The van der Waals surface area contributed by atoms with Crippen LogP contribution in [0.25, 0.3) is 0 Å². The third-order valence-electron chi connectivity index (χ3n) is 1.79. The van der Waals surface area contributed by atoms with E-state index in [9.17, 15) is 4.79 Å². The van der Waals surface area contributed by atoms with Crippen LogP contribution in [0.5, 0.6) is 0 Å². The first-order valence-electron chi connectivity index (χ1n) is 3.93. The zero-order chi connectivity index (χ0) is 10.7. The average molecular weight is 226 g/mol. The number of carbonyl (C=O) groups excluding carboxylic acids is 1. The van der Waals surface area contributed by atoms with E-state index in [4.69, 9.17) is 16.9 Å².